The molecule has 1 fully saturated rings. The highest BCUT2D eigenvalue weighted by Gasteiger charge is 2.29. The molecule has 118 valence electrons. The van der Waals surface area contributed by atoms with Gasteiger partial charge < -0.3 is 5.32 Å². The molecular formula is C18H27BrFN. The third-order valence-corrected chi connectivity index (χ3v) is 5.57. The van der Waals surface area contributed by atoms with Gasteiger partial charge in [0, 0.05) is 10.5 Å². The normalized spacial score (nSPS) is 24.0. The van der Waals surface area contributed by atoms with Crippen LogP contribution >= 0.6 is 15.9 Å². The maximum atomic E-state index is 13.7. The molecule has 0 saturated heterocycles. The van der Waals surface area contributed by atoms with Crippen LogP contribution in [0.1, 0.15) is 64.0 Å². The summed E-state index contributed by atoms with van der Waals surface area (Å²) in [7, 11) is 0. The van der Waals surface area contributed by atoms with E-state index in [2.05, 4.69) is 35.1 Å². The Kier molecular flexibility index (Phi) is 6.69. The van der Waals surface area contributed by atoms with Gasteiger partial charge in [0.15, 0.2) is 0 Å². The van der Waals surface area contributed by atoms with Crippen LogP contribution in [-0.2, 0) is 0 Å². The van der Waals surface area contributed by atoms with Crippen molar-refractivity contribution in [2.45, 2.75) is 58.4 Å². The monoisotopic (exact) mass is 355 g/mol. The molecule has 1 saturated carbocycles. The second-order valence-corrected chi connectivity index (χ2v) is 7.14. The van der Waals surface area contributed by atoms with Gasteiger partial charge in [-0.3, -0.25) is 0 Å². The van der Waals surface area contributed by atoms with E-state index in [0.29, 0.717) is 5.92 Å². The molecule has 2 rings (SSSR count). The summed E-state index contributed by atoms with van der Waals surface area (Å²) in [5.74, 6) is 1.38. The van der Waals surface area contributed by atoms with Gasteiger partial charge in [0.25, 0.3) is 0 Å². The first kappa shape index (κ1) is 17.0. The van der Waals surface area contributed by atoms with Crippen LogP contribution in [0.2, 0.25) is 0 Å². The van der Waals surface area contributed by atoms with E-state index in [0.717, 1.165) is 28.9 Å². The molecule has 0 spiro atoms. The molecule has 3 heteroatoms. The van der Waals surface area contributed by atoms with Crippen molar-refractivity contribution < 1.29 is 4.39 Å². The Morgan fingerprint density at radius 1 is 1.24 bits per heavy atom. The summed E-state index contributed by atoms with van der Waals surface area (Å²) >= 11 is 3.61. The maximum absolute atomic E-state index is 13.7. The van der Waals surface area contributed by atoms with Gasteiger partial charge in [-0.25, -0.2) is 4.39 Å². The third kappa shape index (κ3) is 4.53. The van der Waals surface area contributed by atoms with Gasteiger partial charge >= 0.3 is 0 Å². The van der Waals surface area contributed by atoms with Crippen LogP contribution < -0.4 is 5.32 Å². The largest absolute Gasteiger partial charge is 0.310 e. The molecule has 1 atom stereocenters. The molecule has 0 radical (unpaired) electrons. The predicted molar refractivity (Wildman–Crippen MR) is 90.9 cm³/mol. The van der Waals surface area contributed by atoms with Crippen molar-refractivity contribution in [2.24, 2.45) is 11.8 Å². The lowest BCUT2D eigenvalue weighted by Crippen LogP contribution is -2.32. The van der Waals surface area contributed by atoms with Gasteiger partial charge in [-0.2, -0.15) is 0 Å². The van der Waals surface area contributed by atoms with E-state index >= 15 is 0 Å². The Morgan fingerprint density at radius 2 is 1.95 bits per heavy atom. The van der Waals surface area contributed by atoms with E-state index in [1.54, 1.807) is 6.07 Å². The molecule has 0 bridgehead atoms. The highest BCUT2D eigenvalue weighted by atomic mass is 79.9. The quantitative estimate of drug-likeness (QED) is 0.675. The molecule has 21 heavy (non-hydrogen) atoms. The number of benzene rings is 1. The van der Waals surface area contributed by atoms with Gasteiger partial charge in [0.05, 0.1) is 0 Å². The first-order valence-corrected chi connectivity index (χ1v) is 9.13. The van der Waals surface area contributed by atoms with Crippen LogP contribution in [0.4, 0.5) is 4.39 Å². The van der Waals surface area contributed by atoms with Crippen molar-refractivity contribution in [1.82, 2.24) is 5.32 Å². The van der Waals surface area contributed by atoms with Crippen LogP contribution in [0, 0.1) is 17.7 Å². The fraction of sp³-hybridized carbons (Fsp3) is 0.667. The van der Waals surface area contributed by atoms with E-state index in [4.69, 9.17) is 0 Å². The zero-order valence-corrected chi connectivity index (χ0v) is 14.8. The van der Waals surface area contributed by atoms with Crippen molar-refractivity contribution >= 4 is 15.9 Å². The van der Waals surface area contributed by atoms with Crippen LogP contribution in [0.3, 0.4) is 0 Å². The Hall–Kier alpha value is -0.410. The van der Waals surface area contributed by atoms with E-state index in [9.17, 15) is 4.39 Å². The molecule has 0 aromatic heterocycles. The summed E-state index contributed by atoms with van der Waals surface area (Å²) < 4.78 is 14.7. The highest BCUT2D eigenvalue weighted by Crippen LogP contribution is 2.40. The van der Waals surface area contributed by atoms with Crippen LogP contribution in [-0.4, -0.2) is 6.54 Å². The Balaban J connectivity index is 2.16. The molecule has 0 amide bonds. The summed E-state index contributed by atoms with van der Waals surface area (Å²) in [6, 6.07) is 5.33. The number of halogens is 2. The van der Waals surface area contributed by atoms with Crippen molar-refractivity contribution in [1.29, 1.82) is 0 Å². The zero-order valence-electron chi connectivity index (χ0n) is 13.2. The maximum Gasteiger partial charge on any atom is 0.123 e. The molecule has 1 aliphatic carbocycles. The minimum atomic E-state index is -0.140. The fourth-order valence-electron chi connectivity index (χ4n) is 3.51. The average Bonchev–Trinajstić information content (AvgIpc) is 2.51. The second-order valence-electron chi connectivity index (χ2n) is 6.29. The molecule has 0 aliphatic heterocycles. The van der Waals surface area contributed by atoms with E-state index in [1.165, 1.54) is 38.2 Å². The van der Waals surface area contributed by atoms with Crippen molar-refractivity contribution in [3.05, 3.63) is 34.1 Å². The Bertz CT molecular complexity index is 441. The second kappa shape index (κ2) is 8.28. The molecule has 1 aromatic carbocycles. The molecule has 1 nitrogen and oxygen atoms in total. The standard InChI is InChI=1S/C18H27BrFN/c1-3-11-21-18(14-7-5-13(4-2)6-8-14)16-12-15(20)9-10-17(16)19/h9-10,12-14,18,21H,3-8,11H2,1-2H3. The molecule has 1 N–H and O–H groups in total. The van der Waals surface area contributed by atoms with Crippen LogP contribution in [0.5, 0.6) is 0 Å². The number of nitrogens with one attached hydrogen (secondary N) is 1. The van der Waals surface area contributed by atoms with Gasteiger partial charge in [-0.15, -0.1) is 0 Å². The van der Waals surface area contributed by atoms with E-state index in [1.807, 2.05) is 6.07 Å². The number of hydrogen-bond acceptors (Lipinski definition) is 1. The lowest BCUT2D eigenvalue weighted by Gasteiger charge is -2.35. The van der Waals surface area contributed by atoms with Gasteiger partial charge in [0.1, 0.15) is 5.82 Å². The van der Waals surface area contributed by atoms with Crippen molar-refractivity contribution in [3.8, 4) is 0 Å². The van der Waals surface area contributed by atoms with Crippen LogP contribution in [0.15, 0.2) is 22.7 Å². The lowest BCUT2D eigenvalue weighted by molar-refractivity contribution is 0.218. The smallest absolute Gasteiger partial charge is 0.123 e. The molecule has 1 unspecified atom stereocenters. The molecule has 0 heterocycles. The van der Waals surface area contributed by atoms with E-state index in [-0.39, 0.29) is 11.9 Å². The highest BCUT2D eigenvalue weighted by molar-refractivity contribution is 9.10. The minimum Gasteiger partial charge on any atom is -0.310 e. The van der Waals surface area contributed by atoms with Gasteiger partial charge in [-0.1, -0.05) is 49.0 Å². The fourth-order valence-corrected chi connectivity index (χ4v) is 4.01. The SMILES string of the molecule is CCCNC(c1cc(F)ccc1Br)C1CCC(CC)CC1. The molecule has 1 aliphatic rings. The summed E-state index contributed by atoms with van der Waals surface area (Å²) in [4.78, 5) is 0. The Labute approximate surface area is 136 Å². The lowest BCUT2D eigenvalue weighted by atomic mass is 9.76. The predicted octanol–water partition coefficient (Wildman–Crippen LogP) is 5.85. The summed E-state index contributed by atoms with van der Waals surface area (Å²) in [6.45, 7) is 5.46. The topological polar surface area (TPSA) is 12.0 Å². The molecular weight excluding hydrogens is 329 g/mol. The average molecular weight is 356 g/mol. The Morgan fingerprint density at radius 3 is 2.57 bits per heavy atom. The summed E-state index contributed by atoms with van der Waals surface area (Å²) in [6.07, 6.45) is 7.54. The zero-order chi connectivity index (χ0) is 15.2. The van der Waals surface area contributed by atoms with Crippen LogP contribution in [0.25, 0.3) is 0 Å². The first-order valence-electron chi connectivity index (χ1n) is 8.34. The van der Waals surface area contributed by atoms with Gasteiger partial charge in [-0.05, 0) is 61.4 Å². The van der Waals surface area contributed by atoms with E-state index < -0.39 is 0 Å². The minimum absolute atomic E-state index is 0.140. The summed E-state index contributed by atoms with van der Waals surface area (Å²) in [5.41, 5.74) is 1.09. The number of rotatable bonds is 6. The number of hydrogen-bond donors (Lipinski definition) is 1. The molecule has 1 aromatic rings. The first-order chi connectivity index (χ1) is 10.2. The van der Waals surface area contributed by atoms with Crippen molar-refractivity contribution in [2.75, 3.05) is 6.54 Å². The van der Waals surface area contributed by atoms with Gasteiger partial charge in [0.2, 0.25) is 0 Å². The third-order valence-electron chi connectivity index (χ3n) is 4.85. The summed E-state index contributed by atoms with van der Waals surface area (Å²) in [5, 5.41) is 3.66. The van der Waals surface area contributed by atoms with Crippen molar-refractivity contribution in [3.63, 3.8) is 0 Å².